The number of rotatable bonds is 1. The Hall–Kier alpha value is 0.550. The monoisotopic (exact) mass is 262 g/mol. The van der Waals surface area contributed by atoms with Crippen molar-refractivity contribution in [2.45, 2.75) is 0 Å². The Balaban J connectivity index is 2.04. The molecule has 0 aromatic carbocycles. The standard InChI is InChI=1S/C9H12NS4/c1-10(2)4-3-7-13-8-9(14-7)12-6-5-11-8/h3-4H,5-6H2,1-2H3/q+1. The minimum absolute atomic E-state index is 1.27. The van der Waals surface area contributed by atoms with Crippen LogP contribution in [0.2, 0.25) is 0 Å². The molecule has 0 aliphatic carbocycles. The molecule has 0 fully saturated rings. The Morgan fingerprint density at radius 3 is 2.14 bits per heavy atom. The van der Waals surface area contributed by atoms with Crippen molar-refractivity contribution in [3.63, 3.8) is 0 Å². The Kier molecular flexibility index (Phi) is 3.99. The molecule has 76 valence electrons. The minimum atomic E-state index is 1.27. The molecule has 2 heterocycles. The van der Waals surface area contributed by atoms with Gasteiger partial charge in [-0.1, -0.05) is 23.5 Å². The van der Waals surface area contributed by atoms with Crippen LogP contribution < -0.4 is 0 Å². The van der Waals surface area contributed by atoms with E-state index in [0.29, 0.717) is 0 Å². The van der Waals surface area contributed by atoms with E-state index in [0.717, 1.165) is 0 Å². The summed E-state index contributed by atoms with van der Waals surface area (Å²) in [5.41, 5.74) is 0. The highest BCUT2D eigenvalue weighted by Crippen LogP contribution is 2.59. The van der Waals surface area contributed by atoms with E-state index in [-0.39, 0.29) is 0 Å². The predicted molar refractivity (Wildman–Crippen MR) is 73.4 cm³/mol. The highest BCUT2D eigenvalue weighted by Gasteiger charge is 2.24. The third kappa shape index (κ3) is 2.78. The average molecular weight is 262 g/mol. The third-order valence-electron chi connectivity index (χ3n) is 1.61. The molecule has 14 heavy (non-hydrogen) atoms. The summed E-state index contributed by atoms with van der Waals surface area (Å²) in [6, 6.07) is 0. The summed E-state index contributed by atoms with van der Waals surface area (Å²) >= 11 is 7.86. The summed E-state index contributed by atoms with van der Waals surface area (Å²) in [6.07, 6.45) is 4.32. The molecule has 0 N–H and O–H groups in total. The molecule has 0 saturated heterocycles. The van der Waals surface area contributed by atoms with Crippen molar-refractivity contribution in [1.29, 1.82) is 0 Å². The van der Waals surface area contributed by atoms with Gasteiger partial charge in [0.2, 0.25) is 0 Å². The van der Waals surface area contributed by atoms with Gasteiger partial charge in [-0.3, -0.25) is 0 Å². The fourth-order valence-electron chi connectivity index (χ4n) is 1.01. The van der Waals surface area contributed by atoms with Gasteiger partial charge in [0.1, 0.15) is 14.1 Å². The van der Waals surface area contributed by atoms with Gasteiger partial charge in [0, 0.05) is 17.6 Å². The van der Waals surface area contributed by atoms with Crippen LogP contribution in [0, 0.1) is 0 Å². The predicted octanol–water partition coefficient (Wildman–Crippen LogP) is 3.26. The van der Waals surface area contributed by atoms with Gasteiger partial charge in [-0.15, -0.1) is 23.5 Å². The van der Waals surface area contributed by atoms with Crippen LogP contribution in [0.3, 0.4) is 0 Å². The number of hydrogen-bond acceptors (Lipinski definition) is 4. The van der Waals surface area contributed by atoms with Crippen LogP contribution >= 0.6 is 47.0 Å². The molecule has 0 aromatic rings. The topological polar surface area (TPSA) is 3.01 Å². The summed E-state index contributed by atoms with van der Waals surface area (Å²) in [7, 11) is 4.11. The van der Waals surface area contributed by atoms with E-state index in [1.54, 1.807) is 0 Å². The van der Waals surface area contributed by atoms with Crippen LogP contribution in [0.25, 0.3) is 0 Å². The van der Waals surface area contributed by atoms with E-state index in [1.807, 2.05) is 47.0 Å². The second-order valence-electron chi connectivity index (χ2n) is 3.07. The Labute approximate surface area is 102 Å². The third-order valence-corrected chi connectivity index (χ3v) is 7.30. The largest absolute Gasteiger partial charge is 0.241 e. The van der Waals surface area contributed by atoms with Gasteiger partial charge >= 0.3 is 0 Å². The first-order valence-electron chi connectivity index (χ1n) is 4.33. The van der Waals surface area contributed by atoms with E-state index < -0.39 is 0 Å². The van der Waals surface area contributed by atoms with E-state index in [4.69, 9.17) is 0 Å². The fourth-order valence-corrected chi connectivity index (χ4v) is 6.77. The zero-order chi connectivity index (χ0) is 9.97. The first-order valence-corrected chi connectivity index (χ1v) is 7.93. The number of allylic oxidation sites excluding steroid dienone is 1. The van der Waals surface area contributed by atoms with Crippen LogP contribution in [-0.4, -0.2) is 36.4 Å². The van der Waals surface area contributed by atoms with Crippen molar-refractivity contribution in [2.24, 2.45) is 0 Å². The van der Waals surface area contributed by atoms with Gasteiger partial charge in [0.25, 0.3) is 0 Å². The van der Waals surface area contributed by atoms with Gasteiger partial charge in [-0.2, -0.15) is 0 Å². The molecule has 2 rings (SSSR count). The van der Waals surface area contributed by atoms with Crippen LogP contribution in [0.4, 0.5) is 0 Å². The molecular formula is C9H12NS4+. The first-order chi connectivity index (χ1) is 6.75. The van der Waals surface area contributed by atoms with Crippen LogP contribution in [0.1, 0.15) is 0 Å². The normalized spacial score (nSPS) is 20.9. The van der Waals surface area contributed by atoms with E-state index in [1.165, 1.54) is 24.2 Å². The van der Waals surface area contributed by atoms with Crippen molar-refractivity contribution < 1.29 is 4.58 Å². The summed E-state index contributed by atoms with van der Waals surface area (Å²) in [5, 5.41) is 0. The number of nitrogens with zero attached hydrogens (tertiary/aromatic N) is 1. The molecule has 0 bridgehead atoms. The Morgan fingerprint density at radius 1 is 1.07 bits per heavy atom. The second-order valence-corrected chi connectivity index (χ2v) is 8.16. The molecule has 0 spiro atoms. The van der Waals surface area contributed by atoms with Crippen molar-refractivity contribution in [2.75, 3.05) is 25.6 Å². The first kappa shape index (κ1) is 11.0. The maximum absolute atomic E-state index is 2.20. The molecule has 1 nitrogen and oxygen atoms in total. The zero-order valence-electron chi connectivity index (χ0n) is 8.15. The zero-order valence-corrected chi connectivity index (χ0v) is 11.4. The smallest absolute Gasteiger partial charge is 0.164 e. The lowest BCUT2D eigenvalue weighted by atomic mass is 10.7. The SMILES string of the molecule is C[N+](C)=CC=C1SC2=C(SCCS2)S1. The average Bonchev–Trinajstić information content (AvgIpc) is 2.57. The minimum Gasteiger partial charge on any atom is -0.241 e. The van der Waals surface area contributed by atoms with Crippen LogP contribution in [-0.2, 0) is 0 Å². The molecular weight excluding hydrogens is 250 g/mol. The fraction of sp³-hybridized carbons (Fsp3) is 0.444. The van der Waals surface area contributed by atoms with E-state index in [9.17, 15) is 0 Å². The van der Waals surface area contributed by atoms with E-state index in [2.05, 4.69) is 31.0 Å². The summed E-state index contributed by atoms with van der Waals surface area (Å²) in [5.74, 6) is 2.53. The molecule has 2 aliphatic heterocycles. The van der Waals surface area contributed by atoms with Crippen molar-refractivity contribution in [3.05, 3.63) is 18.8 Å². The molecule has 0 unspecified atom stereocenters. The number of thioether (sulfide) groups is 4. The molecule has 0 amide bonds. The summed E-state index contributed by atoms with van der Waals surface area (Å²) in [4.78, 5) is 0. The van der Waals surface area contributed by atoms with Crippen molar-refractivity contribution >= 4 is 53.3 Å². The highest BCUT2D eigenvalue weighted by atomic mass is 32.3. The number of hydrogen-bond donors (Lipinski definition) is 0. The Bertz CT molecular complexity index is 306. The van der Waals surface area contributed by atoms with Gasteiger partial charge < -0.3 is 0 Å². The van der Waals surface area contributed by atoms with Gasteiger partial charge in [-0.05, 0) is 0 Å². The second kappa shape index (κ2) is 5.05. The molecule has 5 heteroatoms. The maximum Gasteiger partial charge on any atom is 0.164 e. The summed E-state index contributed by atoms with van der Waals surface area (Å²) < 4.78 is 6.52. The molecule has 0 saturated carbocycles. The van der Waals surface area contributed by atoms with Crippen LogP contribution in [0.5, 0.6) is 0 Å². The van der Waals surface area contributed by atoms with Crippen molar-refractivity contribution in [3.8, 4) is 0 Å². The van der Waals surface area contributed by atoms with Crippen molar-refractivity contribution in [1.82, 2.24) is 0 Å². The highest BCUT2D eigenvalue weighted by molar-refractivity contribution is 8.41. The van der Waals surface area contributed by atoms with Gasteiger partial charge in [0.05, 0.1) is 12.7 Å². The molecule has 2 aliphatic rings. The lowest BCUT2D eigenvalue weighted by Gasteiger charge is -2.08. The molecule has 0 radical (unpaired) electrons. The lowest BCUT2D eigenvalue weighted by Crippen LogP contribution is -1.95. The maximum atomic E-state index is 2.20. The molecule has 0 atom stereocenters. The molecule has 0 aromatic heterocycles. The van der Waals surface area contributed by atoms with Gasteiger partial charge in [0.15, 0.2) is 6.21 Å². The Morgan fingerprint density at radius 2 is 1.64 bits per heavy atom. The lowest BCUT2D eigenvalue weighted by molar-refractivity contribution is -0.458. The summed E-state index contributed by atoms with van der Waals surface area (Å²) in [6.45, 7) is 0. The van der Waals surface area contributed by atoms with Crippen LogP contribution in [0.15, 0.2) is 18.8 Å². The quantitative estimate of drug-likeness (QED) is 0.527. The van der Waals surface area contributed by atoms with Gasteiger partial charge in [-0.25, -0.2) is 4.58 Å². The van der Waals surface area contributed by atoms with E-state index >= 15 is 0 Å².